The fourth-order valence-electron chi connectivity index (χ4n) is 2.79. The van der Waals surface area contributed by atoms with Crippen LogP contribution < -0.4 is 14.8 Å². The van der Waals surface area contributed by atoms with Gasteiger partial charge in [-0.3, -0.25) is 0 Å². The molecule has 0 aliphatic carbocycles. The lowest BCUT2D eigenvalue weighted by atomic mass is 9.87. The SMILES string of the molecule is Cc1cc(C2CCNCC2)c2c(c1C)OCO2. The van der Waals surface area contributed by atoms with Crippen LogP contribution in [0.3, 0.4) is 0 Å². The molecule has 2 heterocycles. The molecule has 3 rings (SSSR count). The molecule has 92 valence electrons. The van der Waals surface area contributed by atoms with Gasteiger partial charge < -0.3 is 14.8 Å². The van der Waals surface area contributed by atoms with Gasteiger partial charge in [0.15, 0.2) is 11.5 Å². The van der Waals surface area contributed by atoms with Crippen LogP contribution in [0.25, 0.3) is 0 Å². The molecule has 2 aliphatic rings. The van der Waals surface area contributed by atoms with E-state index < -0.39 is 0 Å². The summed E-state index contributed by atoms with van der Waals surface area (Å²) in [5.74, 6) is 2.59. The number of hydrogen-bond donors (Lipinski definition) is 1. The molecule has 1 fully saturated rings. The Morgan fingerprint density at radius 2 is 1.82 bits per heavy atom. The molecule has 3 heteroatoms. The van der Waals surface area contributed by atoms with Crippen LogP contribution in [0.2, 0.25) is 0 Å². The zero-order valence-electron chi connectivity index (χ0n) is 10.5. The van der Waals surface area contributed by atoms with Crippen molar-refractivity contribution in [3.05, 3.63) is 22.8 Å². The summed E-state index contributed by atoms with van der Waals surface area (Å²) in [6.45, 7) is 6.84. The summed E-state index contributed by atoms with van der Waals surface area (Å²) in [4.78, 5) is 0. The van der Waals surface area contributed by atoms with Gasteiger partial charge in [0.1, 0.15) is 0 Å². The second kappa shape index (κ2) is 4.22. The number of nitrogens with one attached hydrogen (secondary N) is 1. The second-order valence-corrected chi connectivity index (χ2v) is 5.00. The highest BCUT2D eigenvalue weighted by molar-refractivity contribution is 5.57. The second-order valence-electron chi connectivity index (χ2n) is 5.00. The summed E-state index contributed by atoms with van der Waals surface area (Å²) >= 11 is 0. The molecule has 1 N–H and O–H groups in total. The first-order chi connectivity index (χ1) is 8.27. The maximum Gasteiger partial charge on any atom is 0.231 e. The Labute approximate surface area is 102 Å². The molecular formula is C14H19NO2. The Bertz CT molecular complexity index is 436. The predicted octanol–water partition coefficient (Wildman–Crippen LogP) is 2.50. The van der Waals surface area contributed by atoms with E-state index in [-0.39, 0.29) is 0 Å². The Morgan fingerprint density at radius 3 is 2.59 bits per heavy atom. The largest absolute Gasteiger partial charge is 0.453 e. The number of aryl methyl sites for hydroxylation is 1. The number of hydrogen-bond acceptors (Lipinski definition) is 3. The summed E-state index contributed by atoms with van der Waals surface area (Å²) in [7, 11) is 0. The first-order valence-corrected chi connectivity index (χ1v) is 6.38. The van der Waals surface area contributed by atoms with E-state index in [1.807, 2.05) is 0 Å². The minimum Gasteiger partial charge on any atom is -0.453 e. The number of piperidine rings is 1. The van der Waals surface area contributed by atoms with E-state index in [2.05, 4.69) is 25.2 Å². The van der Waals surface area contributed by atoms with Gasteiger partial charge >= 0.3 is 0 Å². The summed E-state index contributed by atoms with van der Waals surface area (Å²) in [6, 6.07) is 2.29. The zero-order valence-corrected chi connectivity index (χ0v) is 10.5. The first-order valence-electron chi connectivity index (χ1n) is 6.38. The van der Waals surface area contributed by atoms with Crippen molar-refractivity contribution in [1.82, 2.24) is 5.32 Å². The molecule has 0 saturated carbocycles. The third kappa shape index (κ3) is 1.78. The lowest BCUT2D eigenvalue weighted by Crippen LogP contribution is -2.26. The van der Waals surface area contributed by atoms with Crippen molar-refractivity contribution in [3.8, 4) is 11.5 Å². The highest BCUT2D eigenvalue weighted by Crippen LogP contribution is 2.45. The van der Waals surface area contributed by atoms with E-state index in [0.717, 1.165) is 24.6 Å². The lowest BCUT2D eigenvalue weighted by Gasteiger charge is -2.24. The highest BCUT2D eigenvalue weighted by atomic mass is 16.7. The summed E-state index contributed by atoms with van der Waals surface area (Å²) in [5, 5.41) is 3.41. The van der Waals surface area contributed by atoms with Gasteiger partial charge in [-0.25, -0.2) is 0 Å². The smallest absolute Gasteiger partial charge is 0.231 e. The van der Waals surface area contributed by atoms with Crippen LogP contribution in [0.4, 0.5) is 0 Å². The Balaban J connectivity index is 2.04. The zero-order chi connectivity index (χ0) is 11.8. The standard InChI is InChI=1S/C14H19NO2/c1-9-7-12(11-3-5-15-6-4-11)14-13(10(9)2)16-8-17-14/h7,11,15H,3-6,8H2,1-2H3. The van der Waals surface area contributed by atoms with Crippen molar-refractivity contribution in [1.29, 1.82) is 0 Å². The van der Waals surface area contributed by atoms with Crippen LogP contribution in [0.5, 0.6) is 11.5 Å². The van der Waals surface area contributed by atoms with E-state index in [9.17, 15) is 0 Å². The van der Waals surface area contributed by atoms with Crippen LogP contribution in [0, 0.1) is 13.8 Å². The number of fused-ring (bicyclic) bond motifs is 1. The fourth-order valence-corrected chi connectivity index (χ4v) is 2.79. The normalized spacial score (nSPS) is 19.6. The van der Waals surface area contributed by atoms with Gasteiger partial charge in [-0.1, -0.05) is 6.07 Å². The third-order valence-electron chi connectivity index (χ3n) is 3.96. The molecule has 2 aliphatic heterocycles. The van der Waals surface area contributed by atoms with Crippen molar-refractivity contribution in [2.45, 2.75) is 32.6 Å². The molecule has 0 aromatic heterocycles. The summed E-state index contributed by atoms with van der Waals surface area (Å²) in [6.07, 6.45) is 2.39. The first kappa shape index (κ1) is 10.9. The highest BCUT2D eigenvalue weighted by Gasteiger charge is 2.27. The molecule has 1 aromatic rings. The monoisotopic (exact) mass is 233 g/mol. The summed E-state index contributed by atoms with van der Waals surface area (Å²) < 4.78 is 11.3. The number of rotatable bonds is 1. The molecular weight excluding hydrogens is 214 g/mol. The van der Waals surface area contributed by atoms with E-state index in [0.29, 0.717) is 12.7 Å². The van der Waals surface area contributed by atoms with Gasteiger partial charge in [-0.05, 0) is 56.8 Å². The molecule has 0 atom stereocenters. The van der Waals surface area contributed by atoms with E-state index in [1.165, 1.54) is 29.5 Å². The Kier molecular flexibility index (Phi) is 2.71. The summed E-state index contributed by atoms with van der Waals surface area (Å²) in [5.41, 5.74) is 3.88. The molecule has 1 aromatic carbocycles. The van der Waals surface area contributed by atoms with Gasteiger partial charge in [0.25, 0.3) is 0 Å². The van der Waals surface area contributed by atoms with Crippen LogP contribution >= 0.6 is 0 Å². The topological polar surface area (TPSA) is 30.5 Å². The van der Waals surface area contributed by atoms with E-state index in [4.69, 9.17) is 9.47 Å². The number of ether oxygens (including phenoxy) is 2. The maximum absolute atomic E-state index is 5.68. The fraction of sp³-hybridized carbons (Fsp3) is 0.571. The molecule has 0 radical (unpaired) electrons. The molecule has 0 unspecified atom stereocenters. The van der Waals surface area contributed by atoms with Gasteiger partial charge in [0.05, 0.1) is 0 Å². The maximum atomic E-state index is 5.68. The van der Waals surface area contributed by atoms with Crippen molar-refractivity contribution in [2.75, 3.05) is 19.9 Å². The predicted molar refractivity (Wildman–Crippen MR) is 66.9 cm³/mol. The van der Waals surface area contributed by atoms with Crippen LogP contribution in [0.15, 0.2) is 6.07 Å². The lowest BCUT2D eigenvalue weighted by molar-refractivity contribution is 0.172. The average molecular weight is 233 g/mol. The van der Waals surface area contributed by atoms with Crippen LogP contribution in [-0.4, -0.2) is 19.9 Å². The molecule has 17 heavy (non-hydrogen) atoms. The molecule has 0 amide bonds. The molecule has 1 saturated heterocycles. The van der Waals surface area contributed by atoms with Gasteiger partial charge in [-0.2, -0.15) is 0 Å². The van der Waals surface area contributed by atoms with Crippen molar-refractivity contribution < 1.29 is 9.47 Å². The van der Waals surface area contributed by atoms with Crippen molar-refractivity contribution in [3.63, 3.8) is 0 Å². The number of benzene rings is 1. The van der Waals surface area contributed by atoms with Gasteiger partial charge in [0, 0.05) is 5.56 Å². The third-order valence-corrected chi connectivity index (χ3v) is 3.96. The average Bonchev–Trinajstić information content (AvgIpc) is 2.84. The van der Waals surface area contributed by atoms with E-state index in [1.54, 1.807) is 0 Å². The van der Waals surface area contributed by atoms with Crippen molar-refractivity contribution >= 4 is 0 Å². The van der Waals surface area contributed by atoms with Gasteiger partial charge in [0.2, 0.25) is 6.79 Å². The van der Waals surface area contributed by atoms with Crippen LogP contribution in [-0.2, 0) is 0 Å². The Hall–Kier alpha value is -1.22. The molecule has 0 bridgehead atoms. The Morgan fingerprint density at radius 1 is 1.12 bits per heavy atom. The van der Waals surface area contributed by atoms with Gasteiger partial charge in [-0.15, -0.1) is 0 Å². The molecule has 3 nitrogen and oxygen atoms in total. The molecule has 0 spiro atoms. The minimum atomic E-state index is 0.373. The van der Waals surface area contributed by atoms with E-state index >= 15 is 0 Å². The van der Waals surface area contributed by atoms with Crippen LogP contribution in [0.1, 0.15) is 35.4 Å². The quantitative estimate of drug-likeness (QED) is 0.808. The van der Waals surface area contributed by atoms with Crippen molar-refractivity contribution in [2.24, 2.45) is 0 Å². The minimum absolute atomic E-state index is 0.373.